The molecule has 0 aliphatic carbocycles. The molecule has 2 atom stereocenters. The van der Waals surface area contributed by atoms with E-state index in [9.17, 15) is 4.79 Å². The number of aldehydes is 1. The normalized spacial score (nSPS) is 21.5. The van der Waals surface area contributed by atoms with Gasteiger partial charge in [-0.05, 0) is 6.92 Å². The molecule has 48 valence electrons. The third kappa shape index (κ3) is 1.78. The minimum atomic E-state index is -1.61. The fourth-order valence-electron chi connectivity index (χ4n) is 0.0985. The van der Waals surface area contributed by atoms with Crippen molar-refractivity contribution in [1.29, 1.82) is 0 Å². The van der Waals surface area contributed by atoms with E-state index in [0.29, 0.717) is 6.29 Å². The summed E-state index contributed by atoms with van der Waals surface area (Å²) in [5.41, 5.74) is 5.01. The molecule has 0 aromatic heterocycles. The van der Waals surface area contributed by atoms with Gasteiger partial charge in [0, 0.05) is 0 Å². The fraction of sp³-hybridized carbons (Fsp3) is 0.750. The highest BCUT2D eigenvalue weighted by molar-refractivity contribution is 6.31. The third-order valence-electron chi connectivity index (χ3n) is 0.821. The van der Waals surface area contributed by atoms with Crippen molar-refractivity contribution in [1.82, 2.24) is 0 Å². The van der Waals surface area contributed by atoms with Crippen LogP contribution < -0.4 is 5.73 Å². The molecule has 0 aliphatic rings. The first-order chi connectivity index (χ1) is 3.50. The topological polar surface area (TPSA) is 63.3 Å². The fourth-order valence-corrected chi connectivity index (χ4v) is 0.0985. The zero-order valence-corrected chi connectivity index (χ0v) is 5.22. The first kappa shape index (κ1) is 7.88. The third-order valence-corrected chi connectivity index (χ3v) is 1.23. The predicted molar refractivity (Wildman–Crippen MR) is 30.5 cm³/mol. The Morgan fingerprint density at radius 3 is 2.38 bits per heavy atom. The molecule has 0 spiro atoms. The lowest BCUT2D eigenvalue weighted by Crippen LogP contribution is -2.45. The van der Waals surface area contributed by atoms with Crippen LogP contribution in [0.15, 0.2) is 0 Å². The average molecular weight is 138 g/mol. The quantitative estimate of drug-likeness (QED) is 0.305. The summed E-state index contributed by atoms with van der Waals surface area (Å²) in [6, 6.07) is 0. The Morgan fingerprint density at radius 2 is 2.38 bits per heavy atom. The van der Waals surface area contributed by atoms with Crippen molar-refractivity contribution in [2.45, 2.75) is 18.0 Å². The van der Waals surface area contributed by atoms with Gasteiger partial charge in [-0.3, -0.25) is 4.79 Å². The van der Waals surface area contributed by atoms with Gasteiger partial charge in [-0.2, -0.15) is 0 Å². The Balaban J connectivity index is 3.90. The maximum Gasteiger partial charge on any atom is 0.173 e. The van der Waals surface area contributed by atoms with E-state index in [0.717, 1.165) is 0 Å². The molecule has 0 fully saturated rings. The van der Waals surface area contributed by atoms with Gasteiger partial charge in [0.15, 0.2) is 11.3 Å². The Hall–Kier alpha value is -0.120. The summed E-state index contributed by atoms with van der Waals surface area (Å²) in [4.78, 5) is 8.24. The summed E-state index contributed by atoms with van der Waals surface area (Å²) in [5, 5.41) is 8.59. The van der Waals surface area contributed by atoms with E-state index < -0.39 is 11.1 Å². The molecule has 3 N–H and O–H groups in total. The van der Waals surface area contributed by atoms with Gasteiger partial charge < -0.3 is 10.8 Å². The van der Waals surface area contributed by atoms with E-state index in [1.807, 2.05) is 0 Å². The number of halogens is 1. The average Bonchev–Trinajstić information content (AvgIpc) is 1.67. The number of nitrogens with two attached hydrogens (primary N) is 1. The lowest BCUT2D eigenvalue weighted by molar-refractivity contribution is -0.112. The van der Waals surface area contributed by atoms with E-state index in [1.165, 1.54) is 6.92 Å². The van der Waals surface area contributed by atoms with Gasteiger partial charge in [0.1, 0.15) is 0 Å². The summed E-state index contributed by atoms with van der Waals surface area (Å²) < 4.78 is 0. The minimum absolute atomic E-state index is 0.305. The van der Waals surface area contributed by atoms with E-state index in [4.69, 9.17) is 22.4 Å². The molecule has 0 heterocycles. The maximum atomic E-state index is 9.85. The molecular formula is C4H8ClNO2. The van der Waals surface area contributed by atoms with Gasteiger partial charge >= 0.3 is 0 Å². The van der Waals surface area contributed by atoms with Gasteiger partial charge in [-0.25, -0.2) is 0 Å². The molecule has 0 saturated heterocycles. The van der Waals surface area contributed by atoms with Crippen molar-refractivity contribution in [3.63, 3.8) is 0 Å². The molecule has 0 rings (SSSR count). The highest BCUT2D eigenvalue weighted by atomic mass is 35.5. The lowest BCUT2D eigenvalue weighted by Gasteiger charge is -2.16. The van der Waals surface area contributed by atoms with E-state index in [2.05, 4.69) is 0 Å². The van der Waals surface area contributed by atoms with Crippen LogP contribution in [0.5, 0.6) is 0 Å². The van der Waals surface area contributed by atoms with Crippen molar-refractivity contribution in [3.8, 4) is 0 Å². The number of hydrogen-bond acceptors (Lipinski definition) is 3. The zero-order valence-electron chi connectivity index (χ0n) is 4.47. The second-order valence-electron chi connectivity index (χ2n) is 1.62. The van der Waals surface area contributed by atoms with Crippen molar-refractivity contribution in [3.05, 3.63) is 0 Å². The summed E-state index contributed by atoms with van der Waals surface area (Å²) in [6.07, 6.45) is -0.708. The molecular weight excluding hydrogens is 130 g/mol. The molecule has 4 heteroatoms. The van der Waals surface area contributed by atoms with Crippen LogP contribution in [0.1, 0.15) is 6.92 Å². The van der Waals surface area contributed by atoms with Gasteiger partial charge in [0.25, 0.3) is 0 Å². The molecule has 0 bridgehead atoms. The molecule has 3 nitrogen and oxygen atoms in total. The summed E-state index contributed by atoms with van der Waals surface area (Å²) in [5.74, 6) is 0. The van der Waals surface area contributed by atoms with E-state index in [1.54, 1.807) is 0 Å². The number of hydrogen-bond donors (Lipinski definition) is 2. The first-order valence-corrected chi connectivity index (χ1v) is 2.50. The monoisotopic (exact) mass is 137 g/mol. The molecule has 8 heavy (non-hydrogen) atoms. The molecule has 0 aliphatic heterocycles. The largest absolute Gasteiger partial charge is 0.390 e. The van der Waals surface area contributed by atoms with Gasteiger partial charge in [-0.15, -0.1) is 0 Å². The van der Waals surface area contributed by atoms with Crippen molar-refractivity contribution < 1.29 is 9.90 Å². The smallest absolute Gasteiger partial charge is 0.173 e. The number of carbonyl (C=O) groups excluding carboxylic acids is 1. The van der Waals surface area contributed by atoms with Crippen LogP contribution in [-0.4, -0.2) is 22.5 Å². The van der Waals surface area contributed by atoms with E-state index >= 15 is 0 Å². The zero-order chi connectivity index (χ0) is 6.78. The number of aliphatic hydroxyl groups is 1. The molecule has 0 amide bonds. The molecule has 0 aromatic rings. The highest BCUT2D eigenvalue weighted by Gasteiger charge is 2.26. The maximum absolute atomic E-state index is 9.85. The Labute approximate surface area is 52.4 Å². The number of alkyl halides is 1. The van der Waals surface area contributed by atoms with Crippen molar-refractivity contribution in [2.75, 3.05) is 0 Å². The molecule has 0 radical (unpaired) electrons. The summed E-state index contributed by atoms with van der Waals surface area (Å²) in [6.45, 7) is 1.35. The number of carbonyl (C=O) groups is 1. The molecule has 0 unspecified atom stereocenters. The van der Waals surface area contributed by atoms with Crippen LogP contribution in [0.4, 0.5) is 0 Å². The SMILES string of the molecule is C[C@@H](O)[C@@](N)(Cl)C=O. The van der Waals surface area contributed by atoms with Crippen LogP contribution in [0.25, 0.3) is 0 Å². The highest BCUT2D eigenvalue weighted by Crippen LogP contribution is 2.07. The van der Waals surface area contributed by atoms with Crippen LogP contribution >= 0.6 is 11.6 Å². The van der Waals surface area contributed by atoms with E-state index in [-0.39, 0.29) is 0 Å². The Bertz CT molecular complexity index is 92.0. The van der Waals surface area contributed by atoms with Crippen molar-refractivity contribution in [2.24, 2.45) is 5.73 Å². The van der Waals surface area contributed by atoms with Crippen LogP contribution in [0.2, 0.25) is 0 Å². The van der Waals surface area contributed by atoms with Crippen molar-refractivity contribution >= 4 is 17.9 Å². The number of rotatable bonds is 2. The van der Waals surface area contributed by atoms with Crippen LogP contribution in [0.3, 0.4) is 0 Å². The lowest BCUT2D eigenvalue weighted by atomic mass is 10.2. The molecule has 0 aromatic carbocycles. The van der Waals surface area contributed by atoms with Gasteiger partial charge in [0.2, 0.25) is 0 Å². The second-order valence-corrected chi connectivity index (χ2v) is 2.28. The van der Waals surface area contributed by atoms with Gasteiger partial charge in [0.05, 0.1) is 6.10 Å². The number of aliphatic hydroxyl groups excluding tert-OH is 1. The second kappa shape index (κ2) is 2.44. The predicted octanol–water partition coefficient (Wildman–Crippen LogP) is -0.540. The van der Waals surface area contributed by atoms with Crippen LogP contribution in [0, 0.1) is 0 Å². The minimum Gasteiger partial charge on any atom is -0.390 e. The van der Waals surface area contributed by atoms with Gasteiger partial charge in [-0.1, -0.05) is 11.6 Å². The standard InChI is InChI=1S/C4H8ClNO2/c1-3(8)4(5,6)2-7/h2-3,8H,6H2,1H3/t3-,4-/m1/s1. The summed E-state index contributed by atoms with van der Waals surface area (Å²) in [7, 11) is 0. The summed E-state index contributed by atoms with van der Waals surface area (Å²) >= 11 is 5.22. The Kier molecular flexibility index (Phi) is 2.40. The first-order valence-electron chi connectivity index (χ1n) is 2.13. The molecule has 0 saturated carbocycles. The van der Waals surface area contributed by atoms with Crippen LogP contribution in [-0.2, 0) is 4.79 Å². The Morgan fingerprint density at radius 1 is 2.00 bits per heavy atom.